The summed E-state index contributed by atoms with van der Waals surface area (Å²) in [6, 6.07) is 26.6. The summed E-state index contributed by atoms with van der Waals surface area (Å²) in [5.74, 6) is 0.579. The van der Waals surface area contributed by atoms with Crippen LogP contribution in [0.4, 0.5) is 0 Å². The summed E-state index contributed by atoms with van der Waals surface area (Å²) in [6.07, 6.45) is 1.32. The molecule has 5 nitrogen and oxygen atoms in total. The number of hydrogen-bond acceptors (Lipinski definition) is 3. The van der Waals surface area contributed by atoms with Crippen molar-refractivity contribution < 1.29 is 14.3 Å². The Bertz CT molecular complexity index is 1030. The van der Waals surface area contributed by atoms with Gasteiger partial charge in [0.05, 0.1) is 6.61 Å². The van der Waals surface area contributed by atoms with Crippen LogP contribution >= 0.6 is 15.9 Å². The molecule has 0 radical (unpaired) electrons. The van der Waals surface area contributed by atoms with Gasteiger partial charge in [-0.15, -0.1) is 0 Å². The van der Waals surface area contributed by atoms with Crippen LogP contribution in [0.5, 0.6) is 5.75 Å². The van der Waals surface area contributed by atoms with Crippen molar-refractivity contribution in [3.63, 3.8) is 0 Å². The molecule has 0 spiro atoms. The Hall–Kier alpha value is -3.12. The molecule has 0 aliphatic heterocycles. The monoisotopic (exact) mass is 522 g/mol. The van der Waals surface area contributed by atoms with Gasteiger partial charge in [-0.3, -0.25) is 9.59 Å². The zero-order valence-corrected chi connectivity index (χ0v) is 21.0. The van der Waals surface area contributed by atoms with Crippen molar-refractivity contribution in [2.24, 2.45) is 0 Å². The van der Waals surface area contributed by atoms with Gasteiger partial charge in [-0.2, -0.15) is 0 Å². The van der Waals surface area contributed by atoms with Crippen LogP contribution in [0.2, 0.25) is 0 Å². The summed E-state index contributed by atoms with van der Waals surface area (Å²) < 4.78 is 6.72. The van der Waals surface area contributed by atoms with Crippen LogP contribution in [0, 0.1) is 0 Å². The number of carbonyl (C=O) groups is 2. The molecule has 3 rings (SSSR count). The van der Waals surface area contributed by atoms with E-state index in [1.165, 1.54) is 0 Å². The molecule has 3 aromatic rings. The third kappa shape index (κ3) is 8.03. The van der Waals surface area contributed by atoms with Gasteiger partial charge in [-0.25, -0.2) is 0 Å². The second-order valence-electron chi connectivity index (χ2n) is 8.01. The van der Waals surface area contributed by atoms with Crippen molar-refractivity contribution in [3.8, 4) is 5.75 Å². The first-order valence-corrected chi connectivity index (χ1v) is 12.4. The van der Waals surface area contributed by atoms with Crippen LogP contribution in [0.3, 0.4) is 0 Å². The van der Waals surface area contributed by atoms with Crippen molar-refractivity contribution in [2.75, 3.05) is 13.2 Å². The number of likely N-dealkylation sites (N-methyl/N-ethyl adjacent to an activating group) is 1. The summed E-state index contributed by atoms with van der Waals surface area (Å²) in [4.78, 5) is 28.3. The Balaban J connectivity index is 1.76. The van der Waals surface area contributed by atoms with Gasteiger partial charge in [0.15, 0.2) is 0 Å². The zero-order valence-electron chi connectivity index (χ0n) is 19.5. The average Bonchev–Trinajstić information content (AvgIpc) is 2.86. The molecule has 0 fully saturated rings. The Morgan fingerprint density at radius 3 is 2.21 bits per heavy atom. The van der Waals surface area contributed by atoms with E-state index in [1.807, 2.05) is 91.9 Å². The molecule has 1 N–H and O–H groups in total. The first kappa shape index (κ1) is 25.5. The molecule has 1 unspecified atom stereocenters. The van der Waals surface area contributed by atoms with Crippen LogP contribution in [-0.4, -0.2) is 35.9 Å². The number of nitrogens with zero attached hydrogens (tertiary/aromatic N) is 1. The van der Waals surface area contributed by atoms with E-state index in [2.05, 4.69) is 21.2 Å². The van der Waals surface area contributed by atoms with Crippen LogP contribution in [0.25, 0.3) is 0 Å². The number of hydrogen-bond donors (Lipinski definition) is 1. The van der Waals surface area contributed by atoms with Gasteiger partial charge in [0.25, 0.3) is 0 Å². The number of nitrogens with one attached hydrogen (secondary N) is 1. The fourth-order valence-corrected chi connectivity index (χ4v) is 3.97. The Morgan fingerprint density at radius 2 is 1.56 bits per heavy atom. The Kier molecular flexibility index (Phi) is 10.2. The highest BCUT2D eigenvalue weighted by molar-refractivity contribution is 9.10. The molecule has 0 aliphatic carbocycles. The minimum absolute atomic E-state index is 0.0632. The molecule has 0 aliphatic rings. The minimum Gasteiger partial charge on any atom is -0.494 e. The maximum Gasteiger partial charge on any atom is 0.243 e. The van der Waals surface area contributed by atoms with E-state index in [9.17, 15) is 9.59 Å². The fourth-order valence-electron chi connectivity index (χ4n) is 3.71. The molecule has 178 valence electrons. The molecular weight excluding hydrogens is 492 g/mol. The summed E-state index contributed by atoms with van der Waals surface area (Å²) >= 11 is 3.46. The standard InChI is InChI=1S/C28H31BrN2O3/c1-2-30-28(33)26(20-22-10-5-3-6-11-22)31(21-23-15-17-24(29)18-16-23)27(32)14-9-19-34-25-12-7-4-8-13-25/h3-8,10-13,15-18,26H,2,9,14,19-21H2,1H3,(H,30,33). The minimum atomic E-state index is -0.603. The molecule has 34 heavy (non-hydrogen) atoms. The van der Waals surface area contributed by atoms with Crippen molar-refractivity contribution >= 4 is 27.7 Å². The van der Waals surface area contributed by atoms with Crippen LogP contribution in [0.15, 0.2) is 89.4 Å². The van der Waals surface area contributed by atoms with Crippen molar-refractivity contribution in [3.05, 3.63) is 101 Å². The molecular formula is C28H31BrN2O3. The normalized spacial score (nSPS) is 11.5. The smallest absolute Gasteiger partial charge is 0.243 e. The van der Waals surface area contributed by atoms with E-state index in [4.69, 9.17) is 4.74 Å². The summed E-state index contributed by atoms with van der Waals surface area (Å²) in [5, 5.41) is 2.92. The number of benzene rings is 3. The van der Waals surface area contributed by atoms with Crippen molar-refractivity contribution in [2.45, 2.75) is 38.8 Å². The average molecular weight is 523 g/mol. The zero-order chi connectivity index (χ0) is 24.2. The molecule has 0 bridgehead atoms. The molecule has 0 saturated carbocycles. The molecule has 3 aromatic carbocycles. The third-order valence-electron chi connectivity index (χ3n) is 5.44. The van der Waals surface area contributed by atoms with E-state index in [-0.39, 0.29) is 11.8 Å². The first-order chi connectivity index (χ1) is 16.6. The highest BCUT2D eigenvalue weighted by atomic mass is 79.9. The first-order valence-electron chi connectivity index (χ1n) is 11.6. The number of rotatable bonds is 12. The number of carbonyl (C=O) groups excluding carboxylic acids is 2. The number of amides is 2. The SMILES string of the molecule is CCNC(=O)C(Cc1ccccc1)N(Cc1ccc(Br)cc1)C(=O)CCCOc1ccccc1. The van der Waals surface area contributed by atoms with Gasteiger partial charge < -0.3 is 15.0 Å². The molecule has 0 heterocycles. The van der Waals surface area contributed by atoms with Gasteiger partial charge in [-0.05, 0) is 48.7 Å². The number of para-hydroxylation sites is 1. The van der Waals surface area contributed by atoms with E-state index in [0.29, 0.717) is 39.0 Å². The maximum absolute atomic E-state index is 13.4. The van der Waals surface area contributed by atoms with Gasteiger partial charge in [-0.1, -0.05) is 76.6 Å². The quantitative estimate of drug-likeness (QED) is 0.324. The highest BCUT2D eigenvalue weighted by Gasteiger charge is 2.29. The van der Waals surface area contributed by atoms with E-state index >= 15 is 0 Å². The lowest BCUT2D eigenvalue weighted by atomic mass is 10.0. The lowest BCUT2D eigenvalue weighted by molar-refractivity contribution is -0.141. The van der Waals surface area contributed by atoms with E-state index in [0.717, 1.165) is 21.3 Å². The lowest BCUT2D eigenvalue weighted by Crippen LogP contribution is -2.50. The molecule has 0 aromatic heterocycles. The largest absolute Gasteiger partial charge is 0.494 e. The second-order valence-corrected chi connectivity index (χ2v) is 8.93. The van der Waals surface area contributed by atoms with Crippen LogP contribution in [0.1, 0.15) is 30.9 Å². The summed E-state index contributed by atoms with van der Waals surface area (Å²) in [5.41, 5.74) is 1.99. The maximum atomic E-state index is 13.4. The Morgan fingerprint density at radius 1 is 0.912 bits per heavy atom. The van der Waals surface area contributed by atoms with Gasteiger partial charge in [0, 0.05) is 30.4 Å². The molecule has 1 atom stereocenters. The number of ether oxygens (including phenoxy) is 1. The van der Waals surface area contributed by atoms with E-state index < -0.39 is 6.04 Å². The second kappa shape index (κ2) is 13.6. The van der Waals surface area contributed by atoms with Gasteiger partial charge >= 0.3 is 0 Å². The number of halogens is 1. The molecule has 6 heteroatoms. The topological polar surface area (TPSA) is 58.6 Å². The summed E-state index contributed by atoms with van der Waals surface area (Å²) in [7, 11) is 0. The van der Waals surface area contributed by atoms with Crippen LogP contribution in [-0.2, 0) is 22.6 Å². The Labute approximate surface area is 210 Å². The predicted octanol–water partition coefficient (Wildman–Crippen LogP) is 5.38. The highest BCUT2D eigenvalue weighted by Crippen LogP contribution is 2.18. The van der Waals surface area contributed by atoms with Crippen molar-refractivity contribution in [1.82, 2.24) is 10.2 Å². The molecule has 2 amide bonds. The lowest BCUT2D eigenvalue weighted by Gasteiger charge is -2.31. The summed E-state index contributed by atoms with van der Waals surface area (Å²) in [6.45, 7) is 3.20. The van der Waals surface area contributed by atoms with Crippen molar-refractivity contribution in [1.29, 1.82) is 0 Å². The molecule has 0 saturated heterocycles. The third-order valence-corrected chi connectivity index (χ3v) is 5.96. The van der Waals surface area contributed by atoms with Gasteiger partial charge in [0.2, 0.25) is 11.8 Å². The van der Waals surface area contributed by atoms with Gasteiger partial charge in [0.1, 0.15) is 11.8 Å². The van der Waals surface area contributed by atoms with E-state index in [1.54, 1.807) is 4.90 Å². The fraction of sp³-hybridized carbons (Fsp3) is 0.286. The van der Waals surface area contributed by atoms with Crippen LogP contribution < -0.4 is 10.1 Å². The predicted molar refractivity (Wildman–Crippen MR) is 138 cm³/mol.